The highest BCUT2D eigenvalue weighted by Gasteiger charge is 2.10. The van der Waals surface area contributed by atoms with Crippen LogP contribution in [-0.4, -0.2) is 16.7 Å². The van der Waals surface area contributed by atoms with Crippen molar-refractivity contribution in [3.8, 4) is 0 Å². The van der Waals surface area contributed by atoms with E-state index in [-0.39, 0.29) is 0 Å². The molecule has 1 heterocycles. The molecule has 0 aliphatic rings. The lowest BCUT2D eigenvalue weighted by Gasteiger charge is -2.09. The molecule has 2 aromatic carbocycles. The standard InChI is InChI=1S/C17H18N2O/c1-13-6-5-7-14(10-13)11-19-16-9-4-3-8-15(16)18-17(19)12-20-2/h3-10H,11-12H2,1-2H3. The van der Waals surface area contributed by atoms with E-state index >= 15 is 0 Å². The Labute approximate surface area is 118 Å². The van der Waals surface area contributed by atoms with Gasteiger partial charge in [-0.25, -0.2) is 4.98 Å². The molecule has 0 fully saturated rings. The zero-order chi connectivity index (χ0) is 13.9. The Kier molecular flexibility index (Phi) is 3.52. The summed E-state index contributed by atoms with van der Waals surface area (Å²) in [6, 6.07) is 16.8. The van der Waals surface area contributed by atoms with E-state index in [1.807, 2.05) is 18.2 Å². The summed E-state index contributed by atoms with van der Waals surface area (Å²) in [7, 11) is 1.70. The Morgan fingerprint density at radius 2 is 1.95 bits per heavy atom. The van der Waals surface area contributed by atoms with Gasteiger partial charge < -0.3 is 9.30 Å². The van der Waals surface area contributed by atoms with Crippen molar-refractivity contribution in [2.24, 2.45) is 0 Å². The molecule has 1 aromatic heterocycles. The Hall–Kier alpha value is -2.13. The first-order valence-corrected chi connectivity index (χ1v) is 6.76. The highest BCUT2D eigenvalue weighted by molar-refractivity contribution is 5.76. The van der Waals surface area contributed by atoms with Crippen LogP contribution in [0.1, 0.15) is 17.0 Å². The Morgan fingerprint density at radius 3 is 2.75 bits per heavy atom. The molecule has 0 bridgehead atoms. The number of aryl methyl sites for hydroxylation is 1. The van der Waals surface area contributed by atoms with Gasteiger partial charge in [0.1, 0.15) is 12.4 Å². The molecule has 3 rings (SSSR count). The van der Waals surface area contributed by atoms with Crippen LogP contribution in [0.3, 0.4) is 0 Å². The van der Waals surface area contributed by atoms with Crippen molar-refractivity contribution >= 4 is 11.0 Å². The van der Waals surface area contributed by atoms with Crippen LogP contribution >= 0.6 is 0 Å². The Bertz CT molecular complexity index is 731. The predicted molar refractivity (Wildman–Crippen MR) is 80.7 cm³/mol. The average Bonchev–Trinajstić information content (AvgIpc) is 2.78. The summed E-state index contributed by atoms with van der Waals surface area (Å²) in [4.78, 5) is 4.66. The van der Waals surface area contributed by atoms with E-state index in [0.29, 0.717) is 6.61 Å². The van der Waals surface area contributed by atoms with Crippen LogP contribution in [-0.2, 0) is 17.9 Å². The molecule has 0 spiro atoms. The monoisotopic (exact) mass is 266 g/mol. The van der Waals surface area contributed by atoms with Crippen LogP contribution in [0.4, 0.5) is 0 Å². The van der Waals surface area contributed by atoms with Gasteiger partial charge >= 0.3 is 0 Å². The number of hydrogen-bond acceptors (Lipinski definition) is 2. The van der Waals surface area contributed by atoms with E-state index in [1.54, 1.807) is 7.11 Å². The number of nitrogens with zero attached hydrogens (tertiary/aromatic N) is 2. The summed E-state index contributed by atoms with van der Waals surface area (Å²) >= 11 is 0. The Morgan fingerprint density at radius 1 is 1.10 bits per heavy atom. The molecule has 0 amide bonds. The number of benzene rings is 2. The van der Waals surface area contributed by atoms with Gasteiger partial charge in [-0.15, -0.1) is 0 Å². The van der Waals surface area contributed by atoms with Crippen molar-refractivity contribution in [2.45, 2.75) is 20.1 Å². The number of hydrogen-bond donors (Lipinski definition) is 0. The summed E-state index contributed by atoms with van der Waals surface area (Å²) in [6.45, 7) is 3.47. The summed E-state index contributed by atoms with van der Waals surface area (Å²) in [6.07, 6.45) is 0. The largest absolute Gasteiger partial charge is 0.377 e. The molecule has 0 aliphatic carbocycles. The van der Waals surface area contributed by atoms with Gasteiger partial charge in [0.05, 0.1) is 11.0 Å². The molecule has 0 N–H and O–H groups in total. The molecular formula is C17H18N2O. The molecule has 0 atom stereocenters. The zero-order valence-electron chi connectivity index (χ0n) is 11.8. The number of para-hydroxylation sites is 2. The third-order valence-electron chi connectivity index (χ3n) is 3.43. The van der Waals surface area contributed by atoms with Gasteiger partial charge in [-0.1, -0.05) is 42.0 Å². The van der Waals surface area contributed by atoms with Gasteiger partial charge in [-0.2, -0.15) is 0 Å². The smallest absolute Gasteiger partial charge is 0.136 e. The first kappa shape index (κ1) is 12.9. The first-order valence-electron chi connectivity index (χ1n) is 6.76. The lowest BCUT2D eigenvalue weighted by molar-refractivity contribution is 0.175. The lowest BCUT2D eigenvalue weighted by Crippen LogP contribution is -2.06. The highest BCUT2D eigenvalue weighted by atomic mass is 16.5. The number of methoxy groups -OCH3 is 1. The van der Waals surface area contributed by atoms with Gasteiger partial charge in [0.25, 0.3) is 0 Å². The van der Waals surface area contributed by atoms with Crippen LogP contribution in [0.5, 0.6) is 0 Å². The minimum Gasteiger partial charge on any atom is -0.377 e. The molecule has 0 radical (unpaired) electrons. The number of rotatable bonds is 4. The average molecular weight is 266 g/mol. The maximum Gasteiger partial charge on any atom is 0.136 e. The van der Waals surface area contributed by atoms with Crippen molar-refractivity contribution in [1.82, 2.24) is 9.55 Å². The second-order valence-electron chi connectivity index (χ2n) is 5.02. The fraction of sp³-hybridized carbons (Fsp3) is 0.235. The topological polar surface area (TPSA) is 27.1 Å². The molecule has 20 heavy (non-hydrogen) atoms. The van der Waals surface area contributed by atoms with Gasteiger partial charge in [0, 0.05) is 13.7 Å². The minimum atomic E-state index is 0.528. The minimum absolute atomic E-state index is 0.528. The number of imidazole rings is 1. The summed E-state index contributed by atoms with van der Waals surface area (Å²) in [5, 5.41) is 0. The van der Waals surface area contributed by atoms with Crippen molar-refractivity contribution in [3.05, 3.63) is 65.5 Å². The maximum absolute atomic E-state index is 5.28. The number of fused-ring (bicyclic) bond motifs is 1. The Balaban J connectivity index is 2.06. The van der Waals surface area contributed by atoms with Crippen LogP contribution in [0, 0.1) is 6.92 Å². The van der Waals surface area contributed by atoms with Crippen molar-refractivity contribution in [3.63, 3.8) is 0 Å². The molecule has 0 saturated heterocycles. The van der Waals surface area contributed by atoms with Crippen LogP contribution in [0.25, 0.3) is 11.0 Å². The van der Waals surface area contributed by atoms with Crippen molar-refractivity contribution in [2.75, 3.05) is 7.11 Å². The van der Waals surface area contributed by atoms with Crippen molar-refractivity contribution < 1.29 is 4.74 Å². The van der Waals surface area contributed by atoms with Gasteiger partial charge in [-0.3, -0.25) is 0 Å². The molecule has 0 saturated carbocycles. The SMILES string of the molecule is COCc1nc2ccccc2n1Cc1cccc(C)c1. The van der Waals surface area contributed by atoms with Crippen LogP contribution < -0.4 is 0 Å². The van der Waals surface area contributed by atoms with E-state index < -0.39 is 0 Å². The van der Waals surface area contributed by atoms with Gasteiger partial charge in [-0.05, 0) is 24.6 Å². The van der Waals surface area contributed by atoms with E-state index in [2.05, 4.69) is 46.8 Å². The maximum atomic E-state index is 5.28. The third kappa shape index (κ3) is 2.45. The zero-order valence-corrected chi connectivity index (χ0v) is 11.8. The summed E-state index contributed by atoms with van der Waals surface area (Å²) in [5.41, 5.74) is 4.74. The predicted octanol–water partition coefficient (Wildman–Crippen LogP) is 3.54. The summed E-state index contributed by atoms with van der Waals surface area (Å²) in [5.74, 6) is 0.968. The van der Waals surface area contributed by atoms with Gasteiger partial charge in [0.15, 0.2) is 0 Å². The first-order chi connectivity index (χ1) is 9.78. The third-order valence-corrected chi connectivity index (χ3v) is 3.43. The quantitative estimate of drug-likeness (QED) is 0.722. The van der Waals surface area contributed by atoms with E-state index in [9.17, 15) is 0 Å². The molecule has 102 valence electrons. The van der Waals surface area contributed by atoms with Crippen molar-refractivity contribution in [1.29, 1.82) is 0 Å². The second-order valence-corrected chi connectivity index (χ2v) is 5.02. The number of ether oxygens (including phenoxy) is 1. The van der Waals surface area contributed by atoms with E-state index in [1.165, 1.54) is 11.1 Å². The molecule has 0 aliphatic heterocycles. The molecule has 3 heteroatoms. The second kappa shape index (κ2) is 5.47. The fourth-order valence-corrected chi connectivity index (χ4v) is 2.53. The molecule has 3 nitrogen and oxygen atoms in total. The van der Waals surface area contributed by atoms with Gasteiger partial charge in [0.2, 0.25) is 0 Å². The number of aromatic nitrogens is 2. The summed E-state index contributed by atoms with van der Waals surface area (Å²) < 4.78 is 7.51. The van der Waals surface area contributed by atoms with E-state index in [4.69, 9.17) is 4.74 Å². The molecular weight excluding hydrogens is 248 g/mol. The highest BCUT2D eigenvalue weighted by Crippen LogP contribution is 2.18. The van der Waals surface area contributed by atoms with E-state index in [0.717, 1.165) is 23.4 Å². The fourth-order valence-electron chi connectivity index (χ4n) is 2.53. The lowest BCUT2D eigenvalue weighted by atomic mass is 10.1. The normalized spacial score (nSPS) is 11.1. The molecule has 0 unspecified atom stereocenters. The molecule has 3 aromatic rings. The van der Waals surface area contributed by atoms with Crippen LogP contribution in [0.15, 0.2) is 48.5 Å². The van der Waals surface area contributed by atoms with Crippen LogP contribution in [0.2, 0.25) is 0 Å².